The van der Waals surface area contributed by atoms with Crippen LogP contribution in [0.1, 0.15) is 53.4 Å². The van der Waals surface area contributed by atoms with Crippen LogP contribution in [0.3, 0.4) is 0 Å². The predicted octanol–water partition coefficient (Wildman–Crippen LogP) is 6.10. The lowest BCUT2D eigenvalue weighted by atomic mass is 10.4. The smallest absolute Gasteiger partial charge is 0.0241 e. The van der Waals surface area contributed by atoms with Crippen molar-refractivity contribution in [1.29, 1.82) is 0 Å². The number of benzene rings is 1. The summed E-state index contributed by atoms with van der Waals surface area (Å²) in [7, 11) is 1.39. The highest BCUT2D eigenvalue weighted by Crippen LogP contribution is 2.32. The predicted molar refractivity (Wildman–Crippen MR) is 102 cm³/mol. The highest BCUT2D eigenvalue weighted by atomic mass is 31.1. The Labute approximate surface area is 130 Å². The van der Waals surface area contributed by atoms with E-state index in [1.807, 2.05) is 0 Å². The molecule has 0 saturated heterocycles. The van der Waals surface area contributed by atoms with Crippen molar-refractivity contribution < 1.29 is 0 Å². The van der Waals surface area contributed by atoms with Crippen LogP contribution in [0.15, 0.2) is 30.3 Å². The van der Waals surface area contributed by atoms with Crippen LogP contribution in [-0.4, -0.2) is 24.6 Å². The molecule has 0 aliphatic carbocycles. The van der Waals surface area contributed by atoms with Crippen molar-refractivity contribution >= 4 is 21.8 Å². The molecule has 0 atom stereocenters. The largest absolute Gasteiger partial charge is 0.122 e. The monoisotopic (exact) mass is 312 g/mol. The summed E-state index contributed by atoms with van der Waals surface area (Å²) in [6.07, 6.45) is 11.2. The van der Waals surface area contributed by atoms with E-state index in [1.54, 1.807) is 5.30 Å². The minimum atomic E-state index is 0.149. The molecule has 116 valence electrons. The molecule has 0 aliphatic rings. The van der Waals surface area contributed by atoms with E-state index in [-0.39, 0.29) is 7.92 Å². The Morgan fingerprint density at radius 2 is 1.30 bits per heavy atom. The third-order valence-corrected chi connectivity index (χ3v) is 7.27. The number of rotatable bonds is 9. The van der Waals surface area contributed by atoms with E-state index in [9.17, 15) is 0 Å². The molecule has 1 aromatic carbocycles. The average molecular weight is 312 g/mol. The van der Waals surface area contributed by atoms with Crippen molar-refractivity contribution in [3.8, 4) is 0 Å². The highest BCUT2D eigenvalue weighted by molar-refractivity contribution is 7.65. The first-order valence-corrected chi connectivity index (χ1v) is 11.4. The molecular weight excluding hydrogens is 278 g/mol. The lowest BCUT2D eigenvalue weighted by molar-refractivity contribution is 0.874. The van der Waals surface area contributed by atoms with Gasteiger partial charge in [0.1, 0.15) is 0 Å². The summed E-state index contributed by atoms with van der Waals surface area (Å²) in [6.45, 7) is 9.10. The van der Waals surface area contributed by atoms with Gasteiger partial charge in [-0.05, 0) is 42.8 Å². The van der Waals surface area contributed by atoms with Crippen molar-refractivity contribution in [2.24, 2.45) is 0 Å². The normalized spacial score (nSPS) is 10.2. The van der Waals surface area contributed by atoms with Crippen LogP contribution in [0.25, 0.3) is 0 Å². The maximum Gasteiger partial charge on any atom is -0.0241 e. The number of hydrogen-bond donors (Lipinski definition) is 0. The van der Waals surface area contributed by atoms with E-state index in [2.05, 4.69) is 58.0 Å². The van der Waals surface area contributed by atoms with E-state index < -0.39 is 0 Å². The van der Waals surface area contributed by atoms with Crippen LogP contribution >= 0.6 is 16.5 Å². The second-order valence-electron chi connectivity index (χ2n) is 4.96. The van der Waals surface area contributed by atoms with Gasteiger partial charge in [-0.2, -0.15) is 0 Å². The summed E-state index contributed by atoms with van der Waals surface area (Å²) in [5, 5.41) is 1.55. The molecule has 0 N–H and O–H groups in total. The zero-order valence-corrected chi connectivity index (χ0v) is 15.9. The van der Waals surface area contributed by atoms with E-state index >= 15 is 0 Å². The molecule has 0 heterocycles. The zero-order chi connectivity index (χ0) is 15.1. The Bertz CT molecular complexity index is 275. The molecule has 0 aromatic heterocycles. The van der Waals surface area contributed by atoms with Gasteiger partial charge in [0.25, 0.3) is 0 Å². The van der Waals surface area contributed by atoms with Gasteiger partial charge in [0.05, 0.1) is 0 Å². The van der Waals surface area contributed by atoms with Crippen molar-refractivity contribution in [1.82, 2.24) is 0 Å². The van der Waals surface area contributed by atoms with Crippen LogP contribution in [0.2, 0.25) is 0 Å². The third kappa shape index (κ3) is 10.8. The second kappa shape index (κ2) is 15.5. The standard InChI is InChI=1S/C10H15P.C8H19P/c1-3-11(4-2)10-8-6-5-7-9-10;1-3-5-7-9-8-6-4-2/h5-9H,3-4H2,1-2H3;9H,3-8H2,1-2H3. The van der Waals surface area contributed by atoms with Gasteiger partial charge < -0.3 is 0 Å². The van der Waals surface area contributed by atoms with Crippen LogP contribution < -0.4 is 5.30 Å². The summed E-state index contributed by atoms with van der Waals surface area (Å²) in [5.41, 5.74) is 0. The first kappa shape index (κ1) is 20.1. The number of unbranched alkanes of at least 4 members (excludes halogenated alkanes) is 2. The molecule has 0 saturated carbocycles. The fraction of sp³-hybridized carbons (Fsp3) is 0.667. The summed E-state index contributed by atoms with van der Waals surface area (Å²) in [6, 6.07) is 10.9. The molecule has 0 nitrogen and oxygen atoms in total. The Morgan fingerprint density at radius 3 is 1.70 bits per heavy atom. The van der Waals surface area contributed by atoms with Gasteiger partial charge in [-0.15, -0.1) is 8.58 Å². The fourth-order valence-corrected chi connectivity index (χ4v) is 5.18. The van der Waals surface area contributed by atoms with Crippen molar-refractivity contribution in [2.75, 3.05) is 24.6 Å². The van der Waals surface area contributed by atoms with Gasteiger partial charge in [-0.1, -0.05) is 78.8 Å². The minimum Gasteiger partial charge on any atom is -0.122 e. The third-order valence-electron chi connectivity index (χ3n) is 3.30. The first-order valence-electron chi connectivity index (χ1n) is 8.30. The Hall–Kier alpha value is 0.0800. The molecule has 1 rings (SSSR count). The molecule has 0 radical (unpaired) electrons. The average Bonchev–Trinajstić information content (AvgIpc) is 2.50. The zero-order valence-electron chi connectivity index (χ0n) is 14.0. The molecule has 0 spiro atoms. The molecule has 2 heteroatoms. The molecule has 0 amide bonds. The summed E-state index contributed by atoms with van der Waals surface area (Å²) >= 11 is 0. The summed E-state index contributed by atoms with van der Waals surface area (Å²) in [5.74, 6) is 0. The SMILES string of the molecule is CCCCPCCCC.CCP(CC)c1ccccc1. The lowest BCUT2D eigenvalue weighted by Gasteiger charge is -2.12. The Balaban J connectivity index is 0.000000370. The molecule has 0 aliphatic heterocycles. The molecule has 1 aromatic rings. The molecule has 0 fully saturated rings. The van der Waals surface area contributed by atoms with Gasteiger partial charge >= 0.3 is 0 Å². The van der Waals surface area contributed by atoms with E-state index in [1.165, 1.54) is 58.9 Å². The molecule has 0 bridgehead atoms. The number of hydrogen-bond acceptors (Lipinski definition) is 0. The van der Waals surface area contributed by atoms with Crippen LogP contribution in [0.5, 0.6) is 0 Å². The molecular formula is C18H34P2. The van der Waals surface area contributed by atoms with E-state index in [0.717, 1.165) is 0 Å². The topological polar surface area (TPSA) is 0 Å². The fourth-order valence-electron chi connectivity index (χ4n) is 1.96. The van der Waals surface area contributed by atoms with E-state index in [4.69, 9.17) is 0 Å². The maximum absolute atomic E-state index is 2.28. The molecule has 0 unspecified atom stereocenters. The summed E-state index contributed by atoms with van der Waals surface area (Å²) < 4.78 is 0. The second-order valence-corrected chi connectivity index (χ2v) is 9.33. The lowest BCUT2D eigenvalue weighted by Crippen LogP contribution is -2.02. The van der Waals surface area contributed by atoms with Gasteiger partial charge in [0.2, 0.25) is 0 Å². The molecule has 20 heavy (non-hydrogen) atoms. The quantitative estimate of drug-likeness (QED) is 0.382. The van der Waals surface area contributed by atoms with Gasteiger partial charge in [0.15, 0.2) is 0 Å². The van der Waals surface area contributed by atoms with Crippen LogP contribution in [-0.2, 0) is 0 Å². The van der Waals surface area contributed by atoms with Crippen molar-refractivity contribution in [3.05, 3.63) is 30.3 Å². The summed E-state index contributed by atoms with van der Waals surface area (Å²) in [4.78, 5) is 0. The first-order chi connectivity index (χ1) is 9.79. The van der Waals surface area contributed by atoms with E-state index in [0.29, 0.717) is 0 Å². The maximum atomic E-state index is 2.28. The van der Waals surface area contributed by atoms with Gasteiger partial charge in [0, 0.05) is 0 Å². The van der Waals surface area contributed by atoms with Gasteiger partial charge in [-0.25, -0.2) is 0 Å². The Morgan fingerprint density at radius 1 is 0.800 bits per heavy atom. The van der Waals surface area contributed by atoms with Crippen molar-refractivity contribution in [3.63, 3.8) is 0 Å². The van der Waals surface area contributed by atoms with Gasteiger partial charge in [-0.3, -0.25) is 0 Å². The van der Waals surface area contributed by atoms with Crippen LogP contribution in [0.4, 0.5) is 0 Å². The van der Waals surface area contributed by atoms with Crippen LogP contribution in [0, 0.1) is 0 Å². The van der Waals surface area contributed by atoms with Crippen molar-refractivity contribution in [2.45, 2.75) is 53.4 Å². The highest BCUT2D eigenvalue weighted by Gasteiger charge is 2.03. The Kier molecular flexibility index (Phi) is 15.5. The minimum absolute atomic E-state index is 0.149.